The molecular weight excluding hydrogens is 367 g/mol. The number of amides is 1. The first-order valence-corrected chi connectivity index (χ1v) is 9.32. The second kappa shape index (κ2) is 7.60. The summed E-state index contributed by atoms with van der Waals surface area (Å²) in [6.45, 7) is 9.08. The average Bonchev–Trinajstić information content (AvgIpc) is 3.27. The molecule has 0 spiro atoms. The van der Waals surface area contributed by atoms with Gasteiger partial charge in [0, 0.05) is 37.8 Å². The molecule has 2 aliphatic heterocycles. The molecule has 0 saturated carbocycles. The molecule has 146 valence electrons. The van der Waals surface area contributed by atoms with E-state index in [2.05, 4.69) is 10.4 Å². The van der Waals surface area contributed by atoms with E-state index in [0.29, 0.717) is 23.9 Å². The molecule has 7 heteroatoms. The van der Waals surface area contributed by atoms with Crippen LogP contribution in [0, 0.1) is 31.5 Å². The van der Waals surface area contributed by atoms with Gasteiger partial charge in [-0.3, -0.25) is 9.48 Å². The molecule has 2 saturated heterocycles. The maximum atomic E-state index is 13.9. The predicted octanol–water partition coefficient (Wildman–Crippen LogP) is 3.11. The average molecular weight is 393 g/mol. The van der Waals surface area contributed by atoms with Gasteiger partial charge in [0.05, 0.1) is 17.3 Å². The predicted molar refractivity (Wildman–Crippen MR) is 105 cm³/mol. The molecule has 5 nitrogen and oxygen atoms in total. The molecule has 0 unspecified atom stereocenters. The first kappa shape index (κ1) is 19.8. The van der Waals surface area contributed by atoms with Crippen molar-refractivity contribution in [1.29, 1.82) is 0 Å². The Balaban J connectivity index is 0.00000210. The number of aryl methyl sites for hydroxylation is 2. The van der Waals surface area contributed by atoms with Crippen molar-refractivity contribution < 1.29 is 9.18 Å². The highest BCUT2D eigenvalue weighted by Crippen LogP contribution is 2.43. The van der Waals surface area contributed by atoms with Gasteiger partial charge in [-0.1, -0.05) is 12.1 Å². The molecule has 0 radical (unpaired) electrons. The van der Waals surface area contributed by atoms with Crippen LogP contribution in [0.3, 0.4) is 0 Å². The van der Waals surface area contributed by atoms with Crippen LogP contribution in [0.15, 0.2) is 24.3 Å². The SMILES string of the molecule is CCn1nc(C)c(C(=O)N2C[C@@H]3CNC[C@@H]3[C@H]2c2cccc(F)c2)c1C.Cl. The van der Waals surface area contributed by atoms with Crippen LogP contribution in [-0.4, -0.2) is 40.2 Å². The summed E-state index contributed by atoms with van der Waals surface area (Å²) in [7, 11) is 0. The van der Waals surface area contributed by atoms with Crippen LogP contribution < -0.4 is 5.32 Å². The molecule has 1 N–H and O–H groups in total. The fraction of sp³-hybridized carbons (Fsp3) is 0.500. The summed E-state index contributed by atoms with van der Waals surface area (Å²) in [5.74, 6) is 0.496. The van der Waals surface area contributed by atoms with Gasteiger partial charge in [0.2, 0.25) is 0 Å². The molecule has 1 aromatic carbocycles. The van der Waals surface area contributed by atoms with E-state index in [1.165, 1.54) is 6.07 Å². The smallest absolute Gasteiger partial charge is 0.258 e. The molecule has 0 bridgehead atoms. The lowest BCUT2D eigenvalue weighted by Crippen LogP contribution is -2.35. The standard InChI is InChI=1S/C20H25FN4O.ClH/c1-4-25-13(3)18(12(2)23-25)20(26)24-11-15-9-22-10-17(15)19(24)14-6-5-7-16(21)8-14;/h5-8,15,17,19,22H,4,9-11H2,1-3H3;1H/t15-,17-,19+;/m0./s1. The van der Waals surface area contributed by atoms with Gasteiger partial charge in [-0.25, -0.2) is 4.39 Å². The summed E-state index contributed by atoms with van der Waals surface area (Å²) < 4.78 is 15.7. The lowest BCUT2D eigenvalue weighted by Gasteiger charge is -2.28. The van der Waals surface area contributed by atoms with Crippen LogP contribution in [-0.2, 0) is 6.54 Å². The number of likely N-dealkylation sites (tertiary alicyclic amines) is 1. The van der Waals surface area contributed by atoms with Crippen molar-refractivity contribution in [2.24, 2.45) is 11.8 Å². The van der Waals surface area contributed by atoms with Crippen LogP contribution in [0.2, 0.25) is 0 Å². The van der Waals surface area contributed by atoms with E-state index in [1.54, 1.807) is 12.1 Å². The number of halogens is 2. The van der Waals surface area contributed by atoms with Gasteiger partial charge in [0.1, 0.15) is 5.82 Å². The molecule has 1 amide bonds. The fourth-order valence-corrected chi connectivity index (χ4v) is 4.71. The van der Waals surface area contributed by atoms with Crippen molar-refractivity contribution in [2.75, 3.05) is 19.6 Å². The molecular formula is C20H26ClFN4O. The van der Waals surface area contributed by atoms with Crippen molar-refractivity contribution in [3.63, 3.8) is 0 Å². The van der Waals surface area contributed by atoms with E-state index in [9.17, 15) is 9.18 Å². The summed E-state index contributed by atoms with van der Waals surface area (Å²) in [6, 6.07) is 6.59. The van der Waals surface area contributed by atoms with Crippen LogP contribution >= 0.6 is 12.4 Å². The highest BCUT2D eigenvalue weighted by molar-refractivity contribution is 5.97. The molecule has 2 aliphatic rings. The number of carbonyl (C=O) groups is 1. The minimum atomic E-state index is -0.254. The molecule has 4 rings (SSSR count). The van der Waals surface area contributed by atoms with Gasteiger partial charge in [0.25, 0.3) is 5.91 Å². The Morgan fingerprint density at radius 3 is 2.78 bits per heavy atom. The number of fused-ring (bicyclic) bond motifs is 1. The van der Waals surface area contributed by atoms with Crippen molar-refractivity contribution in [1.82, 2.24) is 20.0 Å². The fourth-order valence-electron chi connectivity index (χ4n) is 4.71. The zero-order valence-corrected chi connectivity index (χ0v) is 16.7. The van der Waals surface area contributed by atoms with E-state index in [4.69, 9.17) is 0 Å². The first-order chi connectivity index (χ1) is 12.5. The van der Waals surface area contributed by atoms with E-state index in [1.807, 2.05) is 36.4 Å². The van der Waals surface area contributed by atoms with Gasteiger partial charge in [0.15, 0.2) is 0 Å². The van der Waals surface area contributed by atoms with Gasteiger partial charge < -0.3 is 10.2 Å². The minimum Gasteiger partial charge on any atom is -0.331 e. The highest BCUT2D eigenvalue weighted by atomic mass is 35.5. The van der Waals surface area contributed by atoms with Crippen molar-refractivity contribution in [2.45, 2.75) is 33.4 Å². The highest BCUT2D eigenvalue weighted by Gasteiger charge is 2.47. The molecule has 0 aliphatic carbocycles. The lowest BCUT2D eigenvalue weighted by atomic mass is 9.89. The zero-order chi connectivity index (χ0) is 18.4. The van der Waals surface area contributed by atoms with Crippen LogP contribution in [0.4, 0.5) is 4.39 Å². The summed E-state index contributed by atoms with van der Waals surface area (Å²) >= 11 is 0. The van der Waals surface area contributed by atoms with E-state index in [-0.39, 0.29) is 30.2 Å². The third kappa shape index (κ3) is 3.25. The van der Waals surface area contributed by atoms with Crippen molar-refractivity contribution >= 4 is 18.3 Å². The Kier molecular flexibility index (Phi) is 5.58. The van der Waals surface area contributed by atoms with Gasteiger partial charge >= 0.3 is 0 Å². The molecule has 3 heterocycles. The summed E-state index contributed by atoms with van der Waals surface area (Å²) in [5.41, 5.74) is 3.25. The summed E-state index contributed by atoms with van der Waals surface area (Å²) in [5, 5.41) is 7.93. The van der Waals surface area contributed by atoms with Crippen LogP contribution in [0.5, 0.6) is 0 Å². The molecule has 1 aromatic heterocycles. The molecule has 2 aromatic rings. The van der Waals surface area contributed by atoms with Crippen LogP contribution in [0.25, 0.3) is 0 Å². The quantitative estimate of drug-likeness (QED) is 0.873. The van der Waals surface area contributed by atoms with Gasteiger partial charge in [-0.2, -0.15) is 5.10 Å². The van der Waals surface area contributed by atoms with E-state index in [0.717, 1.165) is 36.6 Å². The Labute approximate surface area is 165 Å². The van der Waals surface area contributed by atoms with E-state index < -0.39 is 0 Å². The normalized spacial score (nSPS) is 24.0. The third-order valence-electron chi connectivity index (χ3n) is 5.91. The summed E-state index contributed by atoms with van der Waals surface area (Å²) in [6.07, 6.45) is 0. The monoisotopic (exact) mass is 392 g/mol. The molecule has 3 atom stereocenters. The Morgan fingerprint density at radius 1 is 1.33 bits per heavy atom. The maximum absolute atomic E-state index is 13.9. The maximum Gasteiger partial charge on any atom is 0.258 e. The van der Waals surface area contributed by atoms with Gasteiger partial charge in [-0.05, 0) is 44.4 Å². The lowest BCUT2D eigenvalue weighted by molar-refractivity contribution is 0.0712. The zero-order valence-electron chi connectivity index (χ0n) is 15.9. The second-order valence-corrected chi connectivity index (χ2v) is 7.40. The Bertz CT molecular complexity index is 853. The summed E-state index contributed by atoms with van der Waals surface area (Å²) in [4.78, 5) is 15.4. The molecule has 27 heavy (non-hydrogen) atoms. The number of nitrogens with one attached hydrogen (secondary N) is 1. The Morgan fingerprint density at radius 2 is 2.11 bits per heavy atom. The second-order valence-electron chi connectivity index (χ2n) is 7.40. The van der Waals surface area contributed by atoms with E-state index >= 15 is 0 Å². The number of nitrogens with zero attached hydrogens (tertiary/aromatic N) is 3. The van der Waals surface area contributed by atoms with Gasteiger partial charge in [-0.15, -0.1) is 12.4 Å². The number of rotatable bonds is 3. The number of aromatic nitrogens is 2. The third-order valence-corrected chi connectivity index (χ3v) is 5.91. The number of benzene rings is 1. The minimum absolute atomic E-state index is 0. The van der Waals surface area contributed by atoms with Crippen LogP contribution in [0.1, 0.15) is 40.3 Å². The van der Waals surface area contributed by atoms with Crippen molar-refractivity contribution in [3.8, 4) is 0 Å². The number of carbonyl (C=O) groups excluding carboxylic acids is 1. The largest absolute Gasteiger partial charge is 0.331 e. The number of hydrogen-bond acceptors (Lipinski definition) is 3. The Hall–Kier alpha value is -1.92. The molecule has 2 fully saturated rings. The van der Waals surface area contributed by atoms with Crippen molar-refractivity contribution in [3.05, 3.63) is 52.6 Å². The first-order valence-electron chi connectivity index (χ1n) is 9.32. The topological polar surface area (TPSA) is 50.2 Å². The number of hydrogen-bond donors (Lipinski definition) is 1.